The summed E-state index contributed by atoms with van der Waals surface area (Å²) >= 11 is 0. The Morgan fingerprint density at radius 2 is 2.03 bits per heavy atom. The first kappa shape index (κ1) is 21.1. The molecule has 32 heavy (non-hydrogen) atoms. The van der Waals surface area contributed by atoms with Crippen molar-refractivity contribution in [1.29, 1.82) is 0 Å². The average Bonchev–Trinajstić information content (AvgIpc) is 3.24. The summed E-state index contributed by atoms with van der Waals surface area (Å²) in [6.07, 6.45) is 12.1. The van der Waals surface area contributed by atoms with Crippen LogP contribution in [0.15, 0.2) is 95.8 Å². The molecule has 0 unspecified atom stereocenters. The van der Waals surface area contributed by atoms with Gasteiger partial charge in [0.2, 0.25) is 0 Å². The number of nitrogens with one attached hydrogen (secondary N) is 1. The van der Waals surface area contributed by atoms with E-state index < -0.39 is 5.97 Å². The molecule has 0 spiro atoms. The highest BCUT2D eigenvalue weighted by molar-refractivity contribution is 5.91. The molecule has 0 saturated heterocycles. The minimum absolute atomic E-state index is 0.241. The third-order valence-electron chi connectivity index (χ3n) is 5.25. The molecule has 0 saturated carbocycles. The maximum atomic E-state index is 11.3. The molecule has 5 heteroatoms. The third-order valence-corrected chi connectivity index (χ3v) is 5.25. The van der Waals surface area contributed by atoms with E-state index in [2.05, 4.69) is 28.7 Å². The van der Waals surface area contributed by atoms with Gasteiger partial charge in [0.15, 0.2) is 0 Å². The van der Waals surface area contributed by atoms with Crippen LogP contribution < -0.4 is 4.74 Å². The van der Waals surface area contributed by atoms with Gasteiger partial charge in [0.25, 0.3) is 0 Å². The van der Waals surface area contributed by atoms with Crippen LogP contribution in [-0.4, -0.2) is 22.3 Å². The summed E-state index contributed by atoms with van der Waals surface area (Å²) in [6, 6.07) is 16.6. The second kappa shape index (κ2) is 9.79. The number of aliphatic imine (C=N–C) groups is 1. The van der Waals surface area contributed by atoms with E-state index in [1.807, 2.05) is 48.8 Å². The fourth-order valence-electron chi connectivity index (χ4n) is 3.65. The second-order valence-corrected chi connectivity index (χ2v) is 7.38. The van der Waals surface area contributed by atoms with Gasteiger partial charge in [-0.25, -0.2) is 9.79 Å². The van der Waals surface area contributed by atoms with Crippen LogP contribution in [0.4, 0.5) is 5.82 Å². The number of carboxylic acids is 1. The lowest BCUT2D eigenvalue weighted by atomic mass is 10.0. The SMILES string of the molecule is C=Cc1c(-c2cccc(C(=O)O)c2)c[nH]c1N=CCC1=C(Oc2ccccc2)CCC=C1. The molecule has 5 nitrogen and oxygen atoms in total. The lowest BCUT2D eigenvalue weighted by Gasteiger charge is -2.16. The number of hydrogen-bond acceptors (Lipinski definition) is 3. The Balaban J connectivity index is 1.55. The van der Waals surface area contributed by atoms with Crippen molar-refractivity contribution in [1.82, 2.24) is 4.98 Å². The van der Waals surface area contributed by atoms with Crippen molar-refractivity contribution >= 4 is 24.1 Å². The molecule has 2 aromatic carbocycles. The monoisotopic (exact) mass is 424 g/mol. The van der Waals surface area contributed by atoms with Crippen LogP contribution in [0.5, 0.6) is 5.75 Å². The Bertz CT molecular complexity index is 1220. The molecular weight excluding hydrogens is 400 g/mol. The summed E-state index contributed by atoms with van der Waals surface area (Å²) < 4.78 is 6.10. The Morgan fingerprint density at radius 3 is 2.81 bits per heavy atom. The molecule has 1 heterocycles. The molecule has 3 aromatic rings. The lowest BCUT2D eigenvalue weighted by Crippen LogP contribution is -2.03. The number of aromatic carboxylic acids is 1. The summed E-state index contributed by atoms with van der Waals surface area (Å²) in [6.45, 7) is 3.91. The molecule has 160 valence electrons. The maximum Gasteiger partial charge on any atom is 0.335 e. The first-order chi connectivity index (χ1) is 15.7. The molecule has 1 aliphatic rings. The molecule has 0 amide bonds. The topological polar surface area (TPSA) is 74.7 Å². The summed E-state index contributed by atoms with van der Waals surface area (Å²) in [7, 11) is 0. The minimum Gasteiger partial charge on any atom is -0.478 e. The summed E-state index contributed by atoms with van der Waals surface area (Å²) in [5, 5.41) is 9.27. The van der Waals surface area contributed by atoms with Gasteiger partial charge in [-0.3, -0.25) is 0 Å². The molecule has 1 aliphatic carbocycles. The van der Waals surface area contributed by atoms with Crippen molar-refractivity contribution in [3.63, 3.8) is 0 Å². The molecule has 0 fully saturated rings. The highest BCUT2D eigenvalue weighted by Gasteiger charge is 2.13. The fraction of sp³-hybridized carbons (Fsp3) is 0.111. The van der Waals surface area contributed by atoms with Gasteiger partial charge in [-0.15, -0.1) is 0 Å². The van der Waals surface area contributed by atoms with E-state index in [-0.39, 0.29) is 5.56 Å². The lowest BCUT2D eigenvalue weighted by molar-refractivity contribution is 0.0697. The second-order valence-electron chi connectivity index (χ2n) is 7.38. The van der Waals surface area contributed by atoms with Crippen LogP contribution in [0.25, 0.3) is 17.2 Å². The molecule has 1 aromatic heterocycles. The number of allylic oxidation sites excluding steroid dienone is 4. The number of benzene rings is 2. The highest BCUT2D eigenvalue weighted by Crippen LogP contribution is 2.32. The van der Waals surface area contributed by atoms with E-state index in [4.69, 9.17) is 4.74 Å². The zero-order valence-electron chi connectivity index (χ0n) is 17.6. The molecule has 0 aliphatic heterocycles. The number of aromatic nitrogens is 1. The number of nitrogens with zero attached hydrogens (tertiary/aromatic N) is 1. The zero-order chi connectivity index (χ0) is 22.3. The van der Waals surface area contributed by atoms with Crippen molar-refractivity contribution in [3.05, 3.63) is 102 Å². The third kappa shape index (κ3) is 4.78. The number of carbonyl (C=O) groups is 1. The number of H-pyrrole nitrogens is 1. The van der Waals surface area contributed by atoms with Crippen LogP contribution in [0, 0.1) is 0 Å². The minimum atomic E-state index is -0.955. The van der Waals surface area contributed by atoms with E-state index in [0.717, 1.165) is 46.6 Å². The Morgan fingerprint density at radius 1 is 1.19 bits per heavy atom. The van der Waals surface area contributed by atoms with Gasteiger partial charge in [0, 0.05) is 36.4 Å². The largest absolute Gasteiger partial charge is 0.478 e. The maximum absolute atomic E-state index is 11.3. The first-order valence-electron chi connectivity index (χ1n) is 10.5. The summed E-state index contributed by atoms with van der Waals surface area (Å²) in [5.74, 6) is 1.52. The van der Waals surface area contributed by atoms with Crippen LogP contribution in [0.2, 0.25) is 0 Å². The van der Waals surface area contributed by atoms with E-state index in [1.165, 1.54) is 0 Å². The fourth-order valence-corrected chi connectivity index (χ4v) is 3.65. The van der Waals surface area contributed by atoms with Crippen molar-refractivity contribution in [2.24, 2.45) is 4.99 Å². The molecule has 0 atom stereocenters. The van der Waals surface area contributed by atoms with Crippen molar-refractivity contribution in [2.75, 3.05) is 0 Å². The zero-order valence-corrected chi connectivity index (χ0v) is 17.6. The van der Waals surface area contributed by atoms with Gasteiger partial charge in [-0.05, 0) is 41.8 Å². The predicted octanol–water partition coefficient (Wildman–Crippen LogP) is 6.80. The van der Waals surface area contributed by atoms with Crippen molar-refractivity contribution in [2.45, 2.75) is 19.3 Å². The molecule has 0 radical (unpaired) electrons. The highest BCUT2D eigenvalue weighted by atomic mass is 16.5. The Hall–Kier alpha value is -4.12. The van der Waals surface area contributed by atoms with Crippen molar-refractivity contribution < 1.29 is 14.6 Å². The number of para-hydroxylation sites is 1. The van der Waals surface area contributed by atoms with Gasteiger partial charge >= 0.3 is 5.97 Å². The van der Waals surface area contributed by atoms with Gasteiger partial charge in [0.1, 0.15) is 17.3 Å². The van der Waals surface area contributed by atoms with Crippen LogP contribution >= 0.6 is 0 Å². The number of carboxylic acid groups (broad SMARTS) is 1. The molecule has 2 N–H and O–H groups in total. The van der Waals surface area contributed by atoms with E-state index in [1.54, 1.807) is 24.3 Å². The van der Waals surface area contributed by atoms with Crippen molar-refractivity contribution in [3.8, 4) is 16.9 Å². The van der Waals surface area contributed by atoms with E-state index in [0.29, 0.717) is 12.2 Å². The normalized spacial score (nSPS) is 13.5. The van der Waals surface area contributed by atoms with Gasteiger partial charge in [-0.1, -0.05) is 55.1 Å². The first-order valence-corrected chi connectivity index (χ1v) is 10.5. The molecular formula is C27H24N2O3. The predicted molar refractivity (Wildman–Crippen MR) is 129 cm³/mol. The number of ether oxygens (including phenoxy) is 1. The molecule has 0 bridgehead atoms. The molecule has 4 rings (SSSR count). The summed E-state index contributed by atoms with van der Waals surface area (Å²) in [4.78, 5) is 19.1. The van der Waals surface area contributed by atoms with Gasteiger partial charge in [0.05, 0.1) is 5.56 Å². The number of aromatic amines is 1. The van der Waals surface area contributed by atoms with Gasteiger partial charge < -0.3 is 14.8 Å². The van der Waals surface area contributed by atoms with Gasteiger partial charge in [-0.2, -0.15) is 0 Å². The van der Waals surface area contributed by atoms with E-state index >= 15 is 0 Å². The smallest absolute Gasteiger partial charge is 0.335 e. The number of hydrogen-bond donors (Lipinski definition) is 2. The average molecular weight is 425 g/mol. The number of rotatable bonds is 8. The van der Waals surface area contributed by atoms with Crippen LogP contribution in [0.3, 0.4) is 0 Å². The standard InChI is InChI=1S/C27H24N2O3/c1-2-23-24(20-10-8-11-21(17-20)27(30)31)18-29-26(23)28-16-15-19-9-6-7-14-25(19)32-22-12-4-3-5-13-22/h2-6,8-13,16-18,29H,1,7,14-15H2,(H,30,31). The Kier molecular flexibility index (Phi) is 6.46. The quantitative estimate of drug-likeness (QED) is 0.391. The Labute approximate surface area is 187 Å². The van der Waals surface area contributed by atoms with Crippen LogP contribution in [-0.2, 0) is 0 Å². The summed E-state index contributed by atoms with van der Waals surface area (Å²) in [5.41, 5.74) is 3.84. The van der Waals surface area contributed by atoms with Crippen LogP contribution in [0.1, 0.15) is 35.2 Å². The van der Waals surface area contributed by atoms with E-state index in [9.17, 15) is 9.90 Å².